The van der Waals surface area contributed by atoms with E-state index in [1.807, 2.05) is 0 Å². The molecule has 0 bridgehead atoms. The minimum atomic E-state index is -3.76. The van der Waals surface area contributed by atoms with Crippen LogP contribution in [0.5, 0.6) is 0 Å². The van der Waals surface area contributed by atoms with Crippen LogP contribution in [-0.4, -0.2) is 20.4 Å². The molecule has 3 N–H and O–H groups in total. The van der Waals surface area contributed by atoms with Crippen molar-refractivity contribution in [2.75, 3.05) is 7.05 Å². The highest BCUT2D eigenvalue weighted by Gasteiger charge is 2.22. The molecule has 0 fully saturated rings. The Bertz CT molecular complexity index is 871. The molecule has 0 aliphatic rings. The van der Waals surface area contributed by atoms with Gasteiger partial charge in [0, 0.05) is 23.2 Å². The Labute approximate surface area is 144 Å². The second kappa shape index (κ2) is 7.27. The Balaban J connectivity index is 2.46. The predicted molar refractivity (Wildman–Crippen MR) is 91.4 cm³/mol. The summed E-state index contributed by atoms with van der Waals surface area (Å²) in [6.45, 7) is 0. The first-order valence-electron chi connectivity index (χ1n) is 6.96. The van der Waals surface area contributed by atoms with Crippen LogP contribution in [0.2, 0.25) is 5.02 Å². The minimum absolute atomic E-state index is 0.0342. The SMILES string of the molecule is CNS(=O)(=O)c1ccc([N+](=O)[O-])cc1C[C@H](N)c1cccc(Cl)c1. The molecule has 0 radical (unpaired) electrons. The molecule has 2 aromatic carbocycles. The van der Waals surface area contributed by atoms with E-state index in [0.29, 0.717) is 10.6 Å². The molecule has 9 heteroatoms. The maximum Gasteiger partial charge on any atom is 0.269 e. The van der Waals surface area contributed by atoms with Gasteiger partial charge in [0.05, 0.1) is 9.82 Å². The van der Waals surface area contributed by atoms with Crippen molar-refractivity contribution in [2.24, 2.45) is 5.73 Å². The van der Waals surface area contributed by atoms with Crippen molar-refractivity contribution in [3.63, 3.8) is 0 Å². The first-order chi connectivity index (χ1) is 11.2. The number of non-ortho nitro benzene ring substituents is 1. The number of halogens is 1. The van der Waals surface area contributed by atoms with Gasteiger partial charge in [-0.1, -0.05) is 23.7 Å². The topological polar surface area (TPSA) is 115 Å². The van der Waals surface area contributed by atoms with Crippen molar-refractivity contribution >= 4 is 27.3 Å². The molecular formula is C15H16ClN3O4S. The molecule has 128 valence electrons. The normalized spacial score (nSPS) is 12.8. The number of nitrogens with zero attached hydrogens (tertiary/aromatic N) is 1. The van der Waals surface area contributed by atoms with Crippen molar-refractivity contribution in [2.45, 2.75) is 17.4 Å². The van der Waals surface area contributed by atoms with E-state index in [0.717, 1.165) is 6.07 Å². The summed E-state index contributed by atoms with van der Waals surface area (Å²) < 4.78 is 26.5. The molecule has 0 saturated carbocycles. The van der Waals surface area contributed by atoms with Crippen LogP contribution in [0.1, 0.15) is 17.2 Å². The summed E-state index contributed by atoms with van der Waals surface area (Å²) in [5.74, 6) is 0. The highest BCUT2D eigenvalue weighted by molar-refractivity contribution is 7.89. The molecule has 24 heavy (non-hydrogen) atoms. The number of nitrogens with one attached hydrogen (secondary N) is 1. The highest BCUT2D eigenvalue weighted by atomic mass is 35.5. The van der Waals surface area contributed by atoms with E-state index in [1.165, 1.54) is 19.2 Å². The Morgan fingerprint density at radius 1 is 1.29 bits per heavy atom. The van der Waals surface area contributed by atoms with Gasteiger partial charge in [-0.25, -0.2) is 13.1 Å². The van der Waals surface area contributed by atoms with Crippen LogP contribution in [-0.2, 0) is 16.4 Å². The maximum absolute atomic E-state index is 12.1. The second-order valence-electron chi connectivity index (χ2n) is 5.12. The maximum atomic E-state index is 12.1. The lowest BCUT2D eigenvalue weighted by Crippen LogP contribution is -2.22. The van der Waals surface area contributed by atoms with E-state index < -0.39 is 21.0 Å². The number of rotatable bonds is 6. The zero-order chi connectivity index (χ0) is 17.9. The molecule has 0 aromatic heterocycles. The molecule has 1 atom stereocenters. The number of sulfonamides is 1. The van der Waals surface area contributed by atoms with Gasteiger partial charge in [0.15, 0.2) is 0 Å². The van der Waals surface area contributed by atoms with Gasteiger partial charge in [-0.05, 0) is 42.8 Å². The third-order valence-electron chi connectivity index (χ3n) is 3.53. The summed E-state index contributed by atoms with van der Waals surface area (Å²) in [6.07, 6.45) is 0.109. The summed E-state index contributed by atoms with van der Waals surface area (Å²) in [5, 5.41) is 11.5. The van der Waals surface area contributed by atoms with Gasteiger partial charge >= 0.3 is 0 Å². The van der Waals surface area contributed by atoms with Crippen LogP contribution in [0.3, 0.4) is 0 Å². The van der Waals surface area contributed by atoms with Crippen molar-refractivity contribution in [3.05, 3.63) is 68.7 Å². The standard InChI is InChI=1S/C15H16ClN3O4S/c1-18-24(22,23)15-6-5-13(19(20)21)8-11(15)9-14(17)10-3-2-4-12(16)7-10/h2-8,14,18H,9,17H2,1H3/t14-/m0/s1. The van der Waals surface area contributed by atoms with E-state index in [2.05, 4.69) is 4.72 Å². The minimum Gasteiger partial charge on any atom is -0.324 e. The molecule has 0 unspecified atom stereocenters. The molecule has 0 aliphatic carbocycles. The lowest BCUT2D eigenvalue weighted by Gasteiger charge is -2.15. The van der Waals surface area contributed by atoms with Crippen LogP contribution in [0.15, 0.2) is 47.4 Å². The van der Waals surface area contributed by atoms with Crippen molar-refractivity contribution in [3.8, 4) is 0 Å². The first kappa shape index (κ1) is 18.3. The number of nitro benzene ring substituents is 1. The summed E-state index contributed by atoms with van der Waals surface area (Å²) in [4.78, 5) is 10.4. The predicted octanol–water partition coefficient (Wildman–Crippen LogP) is 2.40. The monoisotopic (exact) mass is 369 g/mol. The molecule has 0 heterocycles. The summed E-state index contributed by atoms with van der Waals surface area (Å²) in [7, 11) is -2.49. The van der Waals surface area contributed by atoms with E-state index in [1.54, 1.807) is 24.3 Å². The van der Waals surface area contributed by atoms with Crippen LogP contribution < -0.4 is 10.5 Å². The van der Waals surface area contributed by atoms with E-state index in [9.17, 15) is 18.5 Å². The Morgan fingerprint density at radius 2 is 2.00 bits per heavy atom. The average molecular weight is 370 g/mol. The summed E-state index contributed by atoms with van der Waals surface area (Å²) in [5.41, 5.74) is 6.92. The summed E-state index contributed by atoms with van der Waals surface area (Å²) in [6, 6.07) is 9.90. The van der Waals surface area contributed by atoms with Gasteiger partial charge in [-0.3, -0.25) is 10.1 Å². The van der Waals surface area contributed by atoms with E-state index >= 15 is 0 Å². The van der Waals surface area contributed by atoms with Crippen LogP contribution >= 0.6 is 11.6 Å². The molecule has 0 saturated heterocycles. The fourth-order valence-corrected chi connectivity index (χ4v) is 3.46. The van der Waals surface area contributed by atoms with Gasteiger partial charge in [0.2, 0.25) is 10.0 Å². The van der Waals surface area contributed by atoms with Crippen LogP contribution in [0.25, 0.3) is 0 Å². The fraction of sp³-hybridized carbons (Fsp3) is 0.200. The fourth-order valence-electron chi connectivity index (χ4n) is 2.30. The largest absolute Gasteiger partial charge is 0.324 e. The average Bonchev–Trinajstić information content (AvgIpc) is 2.54. The van der Waals surface area contributed by atoms with E-state index in [4.69, 9.17) is 17.3 Å². The van der Waals surface area contributed by atoms with Gasteiger partial charge in [-0.15, -0.1) is 0 Å². The lowest BCUT2D eigenvalue weighted by atomic mass is 9.99. The van der Waals surface area contributed by atoms with Crippen molar-refractivity contribution in [1.29, 1.82) is 0 Å². The van der Waals surface area contributed by atoms with Crippen molar-refractivity contribution < 1.29 is 13.3 Å². The smallest absolute Gasteiger partial charge is 0.269 e. The zero-order valence-electron chi connectivity index (χ0n) is 12.8. The Morgan fingerprint density at radius 3 is 2.58 bits per heavy atom. The van der Waals surface area contributed by atoms with Crippen LogP contribution in [0.4, 0.5) is 5.69 Å². The second-order valence-corrected chi connectivity index (χ2v) is 7.41. The van der Waals surface area contributed by atoms with Gasteiger partial charge in [-0.2, -0.15) is 0 Å². The van der Waals surface area contributed by atoms with Crippen molar-refractivity contribution in [1.82, 2.24) is 4.72 Å². The molecule has 0 amide bonds. The van der Waals surface area contributed by atoms with Gasteiger partial charge in [0.1, 0.15) is 0 Å². The van der Waals surface area contributed by atoms with Gasteiger partial charge < -0.3 is 5.73 Å². The number of benzene rings is 2. The highest BCUT2D eigenvalue weighted by Crippen LogP contribution is 2.26. The quantitative estimate of drug-likeness (QED) is 0.599. The third kappa shape index (κ3) is 4.09. The molecule has 0 aliphatic heterocycles. The third-order valence-corrected chi connectivity index (χ3v) is 5.28. The lowest BCUT2D eigenvalue weighted by molar-refractivity contribution is -0.385. The molecule has 2 rings (SSSR count). The Kier molecular flexibility index (Phi) is 5.55. The van der Waals surface area contributed by atoms with Gasteiger partial charge in [0.25, 0.3) is 5.69 Å². The number of hydrogen-bond donors (Lipinski definition) is 2. The van der Waals surface area contributed by atoms with E-state index in [-0.39, 0.29) is 22.6 Å². The Hall–Kier alpha value is -2.00. The summed E-state index contributed by atoms with van der Waals surface area (Å²) >= 11 is 5.93. The first-order valence-corrected chi connectivity index (χ1v) is 8.82. The number of nitro groups is 1. The molecular weight excluding hydrogens is 354 g/mol. The number of hydrogen-bond acceptors (Lipinski definition) is 5. The number of nitrogens with two attached hydrogens (primary N) is 1. The molecule has 2 aromatic rings. The van der Waals surface area contributed by atoms with Crippen LogP contribution in [0, 0.1) is 10.1 Å². The molecule has 0 spiro atoms. The zero-order valence-corrected chi connectivity index (χ0v) is 14.3. The molecule has 7 nitrogen and oxygen atoms in total.